The highest BCUT2D eigenvalue weighted by atomic mass is 32.2. The van der Waals surface area contributed by atoms with Crippen LogP contribution in [0.4, 0.5) is 5.69 Å². The van der Waals surface area contributed by atoms with Gasteiger partial charge in [0, 0.05) is 5.38 Å². The van der Waals surface area contributed by atoms with Crippen molar-refractivity contribution < 1.29 is 17.9 Å². The van der Waals surface area contributed by atoms with Gasteiger partial charge in [-0.1, -0.05) is 6.07 Å². The number of nitrogens with zero attached hydrogens (tertiary/aromatic N) is 3. The maximum absolute atomic E-state index is 12.3. The molecule has 122 valence electrons. The third-order valence-electron chi connectivity index (χ3n) is 2.66. The highest BCUT2D eigenvalue weighted by molar-refractivity contribution is 8.08. The molecule has 0 radical (unpaired) electrons. The average molecular weight is 380 g/mol. The monoisotopic (exact) mass is 380 g/mol. The number of rotatable bonds is 4. The van der Waals surface area contributed by atoms with Crippen LogP contribution in [-0.4, -0.2) is 26.5 Å². The summed E-state index contributed by atoms with van der Waals surface area (Å²) in [6.45, 7) is 0. The topological polar surface area (TPSA) is 132 Å². The summed E-state index contributed by atoms with van der Waals surface area (Å²) in [5.74, 6) is -0.709. The molecule has 0 aliphatic rings. The Labute approximate surface area is 145 Å². The Bertz CT molecular complexity index is 976. The van der Waals surface area contributed by atoms with Crippen LogP contribution in [0.25, 0.3) is 0 Å². The second-order valence-corrected chi connectivity index (χ2v) is 7.95. The zero-order valence-corrected chi connectivity index (χ0v) is 14.5. The van der Waals surface area contributed by atoms with Crippen LogP contribution in [0.3, 0.4) is 0 Å². The lowest BCUT2D eigenvalue weighted by Gasteiger charge is -2.03. The first kappa shape index (κ1) is 17.6. The van der Waals surface area contributed by atoms with Crippen molar-refractivity contribution in [2.75, 3.05) is 12.5 Å². The summed E-state index contributed by atoms with van der Waals surface area (Å²) in [6, 6.07) is 6.22. The third-order valence-corrected chi connectivity index (χ3v) is 6.59. The van der Waals surface area contributed by atoms with Gasteiger partial charge in [-0.3, -0.25) is 5.43 Å². The van der Waals surface area contributed by atoms with Crippen LogP contribution in [0.2, 0.25) is 0 Å². The number of hydrazone groups is 1. The number of carbonyl (C=O) groups is 1. The van der Waals surface area contributed by atoms with E-state index in [9.17, 15) is 13.2 Å². The average Bonchev–Trinajstić information content (AvgIpc) is 3.24. The molecule has 0 aromatic carbocycles. The minimum absolute atomic E-state index is 0.0107. The maximum atomic E-state index is 12.3. The van der Waals surface area contributed by atoms with Gasteiger partial charge in [0.05, 0.1) is 18.4 Å². The summed E-state index contributed by atoms with van der Waals surface area (Å²) in [5.41, 5.74) is 2.39. The van der Waals surface area contributed by atoms with Crippen molar-refractivity contribution in [2.24, 2.45) is 5.10 Å². The fourth-order valence-corrected chi connectivity index (χ4v) is 4.51. The zero-order chi connectivity index (χ0) is 17.7. The van der Waals surface area contributed by atoms with Gasteiger partial charge in [-0.05, 0) is 11.4 Å². The van der Waals surface area contributed by atoms with E-state index < -0.39 is 20.9 Å². The van der Waals surface area contributed by atoms with Gasteiger partial charge in [0.15, 0.2) is 0 Å². The quantitative estimate of drug-likeness (QED) is 0.372. The number of hydrogen-bond donors (Lipinski definition) is 1. The molecule has 0 spiro atoms. The molecule has 2 heterocycles. The van der Waals surface area contributed by atoms with Crippen molar-refractivity contribution in [1.29, 1.82) is 10.5 Å². The van der Waals surface area contributed by atoms with E-state index in [-0.39, 0.29) is 20.3 Å². The summed E-state index contributed by atoms with van der Waals surface area (Å²) in [5, 5.41) is 23.9. The molecule has 0 atom stereocenters. The molecular formula is C13H8N4O4S3. The highest BCUT2D eigenvalue weighted by Crippen LogP contribution is 2.29. The van der Waals surface area contributed by atoms with Crippen LogP contribution in [0, 0.1) is 22.7 Å². The minimum Gasteiger partial charge on any atom is -0.465 e. The van der Waals surface area contributed by atoms with Crippen LogP contribution in [-0.2, 0) is 14.6 Å². The van der Waals surface area contributed by atoms with E-state index in [1.807, 2.05) is 6.07 Å². The molecule has 0 aliphatic carbocycles. The number of nitrogens with one attached hydrogen (secondary N) is 1. The summed E-state index contributed by atoms with van der Waals surface area (Å²) in [7, 11) is -2.90. The van der Waals surface area contributed by atoms with E-state index >= 15 is 0 Å². The van der Waals surface area contributed by atoms with Crippen LogP contribution >= 0.6 is 22.7 Å². The van der Waals surface area contributed by atoms with Gasteiger partial charge in [0.25, 0.3) is 5.04 Å². The van der Waals surface area contributed by atoms with Crippen LogP contribution in [0.15, 0.2) is 32.2 Å². The molecule has 0 fully saturated rings. The van der Waals surface area contributed by atoms with Gasteiger partial charge in [-0.15, -0.1) is 22.7 Å². The van der Waals surface area contributed by atoms with Crippen molar-refractivity contribution >= 4 is 49.2 Å². The normalized spacial score (nSPS) is 11.4. The second-order valence-electron chi connectivity index (χ2n) is 4.03. The van der Waals surface area contributed by atoms with Crippen molar-refractivity contribution in [2.45, 2.75) is 4.21 Å². The van der Waals surface area contributed by atoms with Gasteiger partial charge in [0.2, 0.25) is 9.84 Å². The van der Waals surface area contributed by atoms with E-state index in [4.69, 9.17) is 10.5 Å². The van der Waals surface area contributed by atoms with Crippen molar-refractivity contribution in [1.82, 2.24) is 0 Å². The van der Waals surface area contributed by atoms with Gasteiger partial charge in [-0.2, -0.15) is 15.6 Å². The van der Waals surface area contributed by atoms with E-state index in [2.05, 4.69) is 15.3 Å². The van der Waals surface area contributed by atoms with Crippen molar-refractivity contribution in [3.63, 3.8) is 0 Å². The lowest BCUT2D eigenvalue weighted by Crippen LogP contribution is -2.14. The molecule has 2 aromatic rings. The standard InChI is InChI=1S/C13H8N4O4S3/c1-21-13(18)12-11(8(5-14)7-23-12)17-16-9(6-15)24(19,20)10-3-2-4-22-10/h2-4,7,17H,1H3/b16-9-. The molecule has 11 heteroatoms. The molecule has 24 heavy (non-hydrogen) atoms. The second kappa shape index (κ2) is 7.23. The van der Waals surface area contributed by atoms with E-state index in [0.717, 1.165) is 22.7 Å². The van der Waals surface area contributed by atoms with Gasteiger partial charge >= 0.3 is 5.97 Å². The summed E-state index contributed by atoms with van der Waals surface area (Å²) in [4.78, 5) is 11.7. The predicted octanol–water partition coefficient (Wildman–Crippen LogP) is 2.19. The van der Waals surface area contributed by atoms with Crippen molar-refractivity contribution in [3.8, 4) is 12.1 Å². The first-order valence-electron chi connectivity index (χ1n) is 6.08. The van der Waals surface area contributed by atoms with Crippen molar-refractivity contribution in [3.05, 3.63) is 33.3 Å². The fourth-order valence-electron chi connectivity index (χ4n) is 1.56. The Balaban J connectivity index is 2.43. The summed E-state index contributed by atoms with van der Waals surface area (Å²) < 4.78 is 29.1. The van der Waals surface area contributed by atoms with Crippen LogP contribution in [0.5, 0.6) is 0 Å². The molecule has 0 bridgehead atoms. The molecule has 0 unspecified atom stereocenters. The van der Waals surface area contributed by atoms with Gasteiger partial charge < -0.3 is 4.74 Å². The van der Waals surface area contributed by atoms with Crippen LogP contribution < -0.4 is 5.43 Å². The van der Waals surface area contributed by atoms with E-state index in [1.54, 1.807) is 5.38 Å². The SMILES string of the molecule is COC(=O)c1scc(C#N)c1N/N=C(/C#N)S(=O)(=O)c1cccs1. The van der Waals surface area contributed by atoms with Gasteiger partial charge in [-0.25, -0.2) is 13.2 Å². The Morgan fingerprint density at radius 2 is 2.12 bits per heavy atom. The Hall–Kier alpha value is -2.73. The van der Waals surface area contributed by atoms with E-state index in [0.29, 0.717) is 0 Å². The molecule has 8 nitrogen and oxygen atoms in total. The molecule has 0 saturated carbocycles. The molecule has 2 aromatic heterocycles. The molecule has 0 aliphatic heterocycles. The lowest BCUT2D eigenvalue weighted by atomic mass is 10.3. The minimum atomic E-state index is -4.07. The first-order valence-corrected chi connectivity index (χ1v) is 9.32. The number of methoxy groups -OCH3 is 1. The summed E-state index contributed by atoms with van der Waals surface area (Å²) in [6.07, 6.45) is 0. The number of sulfone groups is 1. The van der Waals surface area contributed by atoms with Gasteiger partial charge in [0.1, 0.15) is 21.2 Å². The zero-order valence-electron chi connectivity index (χ0n) is 12.0. The molecule has 2 rings (SSSR count). The Morgan fingerprint density at radius 1 is 1.38 bits per heavy atom. The molecular weight excluding hydrogens is 372 g/mol. The van der Waals surface area contributed by atoms with Crippen LogP contribution in [0.1, 0.15) is 15.2 Å². The third kappa shape index (κ3) is 3.28. The number of ether oxygens (including phenoxy) is 1. The largest absolute Gasteiger partial charge is 0.465 e. The number of esters is 1. The number of anilines is 1. The number of carbonyl (C=O) groups excluding carboxylic acids is 1. The first-order chi connectivity index (χ1) is 11.5. The smallest absolute Gasteiger partial charge is 0.350 e. The lowest BCUT2D eigenvalue weighted by molar-refractivity contribution is 0.0607. The number of nitriles is 2. The summed E-state index contributed by atoms with van der Waals surface area (Å²) >= 11 is 1.88. The highest BCUT2D eigenvalue weighted by Gasteiger charge is 2.25. The Kier molecular flexibility index (Phi) is 5.31. The molecule has 0 amide bonds. The molecule has 1 N–H and O–H groups in total. The fraction of sp³-hybridized carbons (Fsp3) is 0.0769. The predicted molar refractivity (Wildman–Crippen MR) is 88.5 cm³/mol. The number of thiophene rings is 2. The van der Waals surface area contributed by atoms with E-state index in [1.165, 1.54) is 30.7 Å². The number of hydrogen-bond acceptors (Lipinski definition) is 10. The molecule has 0 saturated heterocycles. The maximum Gasteiger partial charge on any atom is 0.350 e. The Morgan fingerprint density at radius 3 is 2.67 bits per heavy atom.